The molecule has 0 aliphatic heterocycles. The number of benzene rings is 6. The van der Waals surface area contributed by atoms with Crippen LogP contribution in [0.3, 0.4) is 0 Å². The van der Waals surface area contributed by atoms with E-state index in [-0.39, 0.29) is 0 Å². The smallest absolute Gasteiger partial charge is 0.389 e. The van der Waals surface area contributed by atoms with Crippen molar-refractivity contribution in [1.82, 2.24) is 19.9 Å². The van der Waals surface area contributed by atoms with E-state index in [1.807, 2.05) is 48.5 Å². The number of fused-ring (bicyclic) bond motifs is 2. The summed E-state index contributed by atoms with van der Waals surface area (Å²) < 4.78 is 64.6. The maximum Gasteiger partial charge on any atom is 0.416 e. The first-order valence-electron chi connectivity index (χ1n) is 19.2. The number of nitrogens with zero attached hydrogens (tertiary/aromatic N) is 2. The Kier molecular flexibility index (Phi) is 12.0. The molecule has 0 amide bonds. The number of H-pyrrole nitrogens is 2. The lowest BCUT2D eigenvalue weighted by molar-refractivity contribution is -0.137. The summed E-state index contributed by atoms with van der Waals surface area (Å²) in [5.74, 6) is 1.67. The van der Waals surface area contributed by atoms with Crippen LogP contribution in [-0.2, 0) is 41.9 Å². The van der Waals surface area contributed by atoms with E-state index < -0.39 is 27.9 Å². The number of alkyl halides is 3. The molecule has 1 atom stereocenters. The number of aromatic amines is 2. The molecular formula is C47H44F3N5O3S. The molecule has 0 radical (unpaired) electrons. The Morgan fingerprint density at radius 3 is 1.78 bits per heavy atom. The number of anilines is 1. The number of sulfonamides is 1. The Balaban J connectivity index is 0.000000181. The van der Waals surface area contributed by atoms with Gasteiger partial charge in [0.1, 0.15) is 11.6 Å². The van der Waals surface area contributed by atoms with Gasteiger partial charge >= 0.3 is 6.18 Å². The Labute approximate surface area is 341 Å². The Morgan fingerprint density at radius 2 is 1.20 bits per heavy atom. The Morgan fingerprint density at radius 1 is 0.661 bits per heavy atom. The van der Waals surface area contributed by atoms with Gasteiger partial charge < -0.3 is 15.1 Å². The van der Waals surface area contributed by atoms with E-state index >= 15 is 0 Å². The van der Waals surface area contributed by atoms with Crippen LogP contribution in [0.4, 0.5) is 18.9 Å². The summed E-state index contributed by atoms with van der Waals surface area (Å²) in [6.07, 6.45) is -1.04. The van der Waals surface area contributed by atoms with Crippen molar-refractivity contribution in [2.24, 2.45) is 0 Å². The molecule has 0 saturated carbocycles. The summed E-state index contributed by atoms with van der Waals surface area (Å²) in [6, 6.07) is 40.8. The molecule has 8 aromatic rings. The third-order valence-electron chi connectivity index (χ3n) is 9.95. The molecule has 4 N–H and O–H groups in total. The van der Waals surface area contributed by atoms with E-state index in [1.54, 1.807) is 25.1 Å². The predicted octanol–water partition coefficient (Wildman–Crippen LogP) is 10.8. The third kappa shape index (κ3) is 10.4. The van der Waals surface area contributed by atoms with Crippen molar-refractivity contribution < 1.29 is 26.7 Å². The second kappa shape index (κ2) is 17.3. The minimum atomic E-state index is -4.37. The molecule has 8 rings (SSSR count). The molecule has 6 aromatic carbocycles. The van der Waals surface area contributed by atoms with Gasteiger partial charge in [-0.05, 0) is 96.5 Å². The van der Waals surface area contributed by atoms with Crippen LogP contribution >= 0.6 is 0 Å². The van der Waals surface area contributed by atoms with Gasteiger partial charge in [-0.2, -0.15) is 13.2 Å². The SMILES string of the molecule is CS(=O)(=O)Nc1ccccc1-c1ccc2nc(CCc3cccc(C(F)(F)F)c3)[nH]c2c1.Cc1cccc(CCc2nc3ccc(-c4ccccc4C(C)O)cc3[nH]2)c1. The summed E-state index contributed by atoms with van der Waals surface area (Å²) >= 11 is 0. The molecule has 2 aromatic heterocycles. The fourth-order valence-corrected chi connectivity index (χ4v) is 7.72. The summed E-state index contributed by atoms with van der Waals surface area (Å²) in [5.41, 5.74) is 11.1. The maximum absolute atomic E-state index is 12.9. The van der Waals surface area contributed by atoms with Crippen LogP contribution in [0.15, 0.2) is 133 Å². The first-order valence-corrected chi connectivity index (χ1v) is 21.1. The van der Waals surface area contributed by atoms with Crippen molar-refractivity contribution in [2.75, 3.05) is 11.0 Å². The number of halogens is 3. The molecule has 0 saturated heterocycles. The molecule has 0 fully saturated rings. The number of para-hydroxylation sites is 1. The molecule has 2 heterocycles. The average Bonchev–Trinajstić information content (AvgIpc) is 3.82. The first-order chi connectivity index (χ1) is 28.2. The monoisotopic (exact) mass is 815 g/mol. The fourth-order valence-electron chi connectivity index (χ4n) is 7.14. The zero-order valence-corrected chi connectivity index (χ0v) is 33.6. The van der Waals surface area contributed by atoms with Gasteiger partial charge in [0.15, 0.2) is 0 Å². The predicted molar refractivity (Wildman–Crippen MR) is 230 cm³/mol. The zero-order chi connectivity index (χ0) is 41.7. The molecular weight excluding hydrogens is 772 g/mol. The minimum absolute atomic E-state index is 0.414. The van der Waals surface area contributed by atoms with Gasteiger partial charge in [-0.1, -0.05) is 103 Å². The minimum Gasteiger partial charge on any atom is -0.389 e. The Bertz CT molecular complexity index is 2850. The Hall–Kier alpha value is -6.24. The largest absolute Gasteiger partial charge is 0.416 e. The van der Waals surface area contributed by atoms with Crippen molar-refractivity contribution in [2.45, 2.75) is 51.8 Å². The topological polar surface area (TPSA) is 124 Å². The van der Waals surface area contributed by atoms with E-state index in [2.05, 4.69) is 75.1 Å². The maximum atomic E-state index is 12.9. The second-order valence-electron chi connectivity index (χ2n) is 14.7. The number of aromatic nitrogens is 4. The van der Waals surface area contributed by atoms with Gasteiger partial charge in [-0.25, -0.2) is 18.4 Å². The number of aliphatic hydroxyl groups excluding tert-OH is 1. The molecule has 59 heavy (non-hydrogen) atoms. The van der Waals surface area contributed by atoms with Crippen molar-refractivity contribution in [1.29, 1.82) is 0 Å². The van der Waals surface area contributed by atoms with E-state index in [0.717, 1.165) is 86.9 Å². The van der Waals surface area contributed by atoms with Gasteiger partial charge in [0.05, 0.1) is 45.7 Å². The van der Waals surface area contributed by atoms with Crippen molar-refractivity contribution in [3.8, 4) is 22.3 Å². The van der Waals surface area contributed by atoms with Gasteiger partial charge in [0, 0.05) is 18.4 Å². The summed E-state index contributed by atoms with van der Waals surface area (Å²) in [7, 11) is -3.43. The number of hydrogen-bond donors (Lipinski definition) is 4. The van der Waals surface area contributed by atoms with Crippen LogP contribution in [-0.4, -0.2) is 39.7 Å². The van der Waals surface area contributed by atoms with Crippen LogP contribution in [0, 0.1) is 6.92 Å². The quantitative estimate of drug-likeness (QED) is 0.104. The van der Waals surface area contributed by atoms with E-state index in [4.69, 9.17) is 4.98 Å². The standard InChI is InChI=1S/C24H24N2O.C23H20F3N3O2S/c1-16-6-5-7-18(14-16)10-13-24-25-22-12-11-19(15-23(22)26-24)21-9-4-3-8-20(21)17(2)27;1-32(30,31)29-19-8-3-2-7-18(19)16-10-11-20-21(14-16)28-22(27-20)12-9-15-5-4-6-17(13-15)23(24,25)26/h3-9,11-12,14-15,17,27H,10,13H2,1-2H3,(H,25,26);2-8,10-11,13-14,29H,9,12H2,1H3,(H,27,28). The lowest BCUT2D eigenvalue weighted by atomic mass is 9.96. The highest BCUT2D eigenvalue weighted by molar-refractivity contribution is 7.92. The molecule has 0 spiro atoms. The number of aliphatic hydroxyl groups is 1. The van der Waals surface area contributed by atoms with Gasteiger partial charge in [-0.3, -0.25) is 4.72 Å². The first kappa shape index (κ1) is 40.9. The van der Waals surface area contributed by atoms with Gasteiger partial charge in [0.25, 0.3) is 0 Å². The average molecular weight is 816 g/mol. The molecule has 12 heteroatoms. The van der Waals surface area contributed by atoms with E-state index in [1.165, 1.54) is 17.2 Å². The molecule has 0 aliphatic carbocycles. The van der Waals surface area contributed by atoms with Crippen LogP contribution in [0.5, 0.6) is 0 Å². The highest BCUT2D eigenvalue weighted by atomic mass is 32.2. The molecule has 0 aliphatic rings. The van der Waals surface area contributed by atoms with Gasteiger partial charge in [0.2, 0.25) is 10.0 Å². The number of rotatable bonds is 11. The van der Waals surface area contributed by atoms with Crippen LogP contribution in [0.25, 0.3) is 44.3 Å². The molecule has 0 bridgehead atoms. The highest BCUT2D eigenvalue weighted by Crippen LogP contribution is 2.33. The van der Waals surface area contributed by atoms with Gasteiger partial charge in [-0.15, -0.1) is 0 Å². The highest BCUT2D eigenvalue weighted by Gasteiger charge is 2.30. The third-order valence-corrected chi connectivity index (χ3v) is 10.5. The van der Waals surface area contributed by atoms with E-state index in [0.29, 0.717) is 29.9 Å². The zero-order valence-electron chi connectivity index (χ0n) is 32.8. The fraction of sp³-hybridized carbons (Fsp3) is 0.191. The second-order valence-corrected chi connectivity index (χ2v) is 16.4. The molecule has 1 unspecified atom stereocenters. The molecule has 8 nitrogen and oxygen atoms in total. The van der Waals surface area contributed by atoms with Crippen LogP contribution in [0.2, 0.25) is 0 Å². The summed E-state index contributed by atoms with van der Waals surface area (Å²) in [5, 5.41) is 10.1. The number of hydrogen-bond acceptors (Lipinski definition) is 5. The lowest BCUT2D eigenvalue weighted by Gasteiger charge is -2.11. The number of imidazole rings is 2. The number of nitrogens with one attached hydrogen (secondary N) is 3. The lowest BCUT2D eigenvalue weighted by Crippen LogP contribution is -2.10. The van der Waals surface area contributed by atoms with Crippen molar-refractivity contribution in [3.63, 3.8) is 0 Å². The number of aryl methyl sites for hydroxylation is 5. The molecule has 302 valence electrons. The summed E-state index contributed by atoms with van der Waals surface area (Å²) in [6.45, 7) is 3.92. The van der Waals surface area contributed by atoms with E-state index in [9.17, 15) is 26.7 Å². The van der Waals surface area contributed by atoms with Crippen molar-refractivity contribution in [3.05, 3.63) is 173 Å². The summed E-state index contributed by atoms with van der Waals surface area (Å²) in [4.78, 5) is 15.9. The normalized spacial score (nSPS) is 12.3. The van der Waals surface area contributed by atoms with Crippen LogP contribution < -0.4 is 4.72 Å². The van der Waals surface area contributed by atoms with Crippen molar-refractivity contribution >= 4 is 37.8 Å². The van der Waals surface area contributed by atoms with Crippen LogP contribution in [0.1, 0.15) is 52.5 Å².